The molecule has 2 saturated heterocycles. The van der Waals surface area contributed by atoms with Crippen molar-refractivity contribution in [2.45, 2.75) is 38.3 Å². The number of nitrogens with zero attached hydrogens (tertiary/aromatic N) is 2. The Morgan fingerprint density at radius 2 is 1.95 bits per heavy atom. The molecule has 0 aromatic heterocycles. The number of ether oxygens (including phenoxy) is 1. The quantitative estimate of drug-likeness (QED) is 0.752. The Balaban J connectivity index is 2.30. The largest absolute Gasteiger partial charge is 0.383 e. The fourth-order valence-corrected chi connectivity index (χ4v) is 3.01. The predicted octanol–water partition coefficient (Wildman–Crippen LogP) is 0.428. The summed E-state index contributed by atoms with van der Waals surface area (Å²) in [5, 5.41) is 3.25. The summed E-state index contributed by atoms with van der Waals surface area (Å²) in [4.78, 5) is 28.3. The van der Waals surface area contributed by atoms with Gasteiger partial charge in [0.15, 0.2) is 0 Å². The molecule has 19 heavy (non-hydrogen) atoms. The number of methoxy groups -OCH3 is 1. The van der Waals surface area contributed by atoms with Gasteiger partial charge in [-0.05, 0) is 39.8 Å². The summed E-state index contributed by atoms with van der Waals surface area (Å²) in [6, 6.07) is -0.266. The molecule has 2 fully saturated rings. The van der Waals surface area contributed by atoms with Gasteiger partial charge in [-0.3, -0.25) is 9.69 Å². The summed E-state index contributed by atoms with van der Waals surface area (Å²) in [6.07, 6.45) is 1.37. The van der Waals surface area contributed by atoms with Crippen LogP contribution >= 0.6 is 0 Å². The van der Waals surface area contributed by atoms with Gasteiger partial charge in [0.1, 0.15) is 5.54 Å². The second-order valence-corrected chi connectivity index (χ2v) is 5.48. The number of nitrogens with one attached hydrogen (secondary N) is 1. The van der Waals surface area contributed by atoms with Crippen molar-refractivity contribution < 1.29 is 14.3 Å². The summed E-state index contributed by atoms with van der Waals surface area (Å²) < 4.78 is 5.08. The number of piperidine rings is 1. The van der Waals surface area contributed by atoms with Gasteiger partial charge in [-0.25, -0.2) is 4.79 Å². The first kappa shape index (κ1) is 14.3. The first-order valence-corrected chi connectivity index (χ1v) is 6.89. The van der Waals surface area contributed by atoms with E-state index in [2.05, 4.69) is 5.32 Å². The minimum atomic E-state index is -0.648. The summed E-state index contributed by atoms with van der Waals surface area (Å²) in [5.41, 5.74) is -0.648. The SMILES string of the molecule is COCCN1C(=O)N(C(C)C)C(=O)C12CCNCC2. The van der Waals surface area contributed by atoms with Crippen LogP contribution in [0.5, 0.6) is 0 Å². The molecule has 0 bridgehead atoms. The van der Waals surface area contributed by atoms with E-state index < -0.39 is 5.54 Å². The van der Waals surface area contributed by atoms with E-state index in [9.17, 15) is 9.59 Å². The minimum Gasteiger partial charge on any atom is -0.383 e. The van der Waals surface area contributed by atoms with Crippen molar-refractivity contribution in [3.8, 4) is 0 Å². The van der Waals surface area contributed by atoms with Crippen LogP contribution in [0.4, 0.5) is 4.79 Å². The average molecular weight is 269 g/mol. The number of imide groups is 1. The molecule has 2 aliphatic rings. The number of amides is 3. The maximum atomic E-state index is 12.7. The van der Waals surface area contributed by atoms with Crippen molar-refractivity contribution >= 4 is 11.9 Å². The van der Waals surface area contributed by atoms with Gasteiger partial charge in [0.05, 0.1) is 6.61 Å². The van der Waals surface area contributed by atoms with Crippen molar-refractivity contribution in [3.05, 3.63) is 0 Å². The summed E-state index contributed by atoms with van der Waals surface area (Å²) in [7, 11) is 1.61. The van der Waals surface area contributed by atoms with Crippen LogP contribution in [0.2, 0.25) is 0 Å². The van der Waals surface area contributed by atoms with E-state index >= 15 is 0 Å². The number of hydrogen-bond donors (Lipinski definition) is 1. The Morgan fingerprint density at radius 3 is 2.47 bits per heavy atom. The zero-order valence-electron chi connectivity index (χ0n) is 11.9. The van der Waals surface area contributed by atoms with Gasteiger partial charge >= 0.3 is 6.03 Å². The standard InChI is InChI=1S/C13H23N3O3/c1-10(2)16-11(17)13(4-6-14-7-5-13)15(12(16)18)8-9-19-3/h10,14H,4-9H2,1-3H3. The van der Waals surface area contributed by atoms with E-state index in [1.54, 1.807) is 12.0 Å². The first-order valence-electron chi connectivity index (χ1n) is 6.89. The Hall–Kier alpha value is -1.14. The molecule has 108 valence electrons. The lowest BCUT2D eigenvalue weighted by Crippen LogP contribution is -2.56. The van der Waals surface area contributed by atoms with Gasteiger partial charge in [0.25, 0.3) is 5.91 Å². The molecule has 0 aliphatic carbocycles. The van der Waals surface area contributed by atoms with Crippen LogP contribution in [0.1, 0.15) is 26.7 Å². The van der Waals surface area contributed by atoms with E-state index in [0.29, 0.717) is 26.0 Å². The average Bonchev–Trinajstić information content (AvgIpc) is 2.57. The third-order valence-corrected chi connectivity index (χ3v) is 4.04. The fraction of sp³-hybridized carbons (Fsp3) is 0.846. The molecule has 3 amide bonds. The van der Waals surface area contributed by atoms with Gasteiger partial charge in [-0.2, -0.15) is 0 Å². The van der Waals surface area contributed by atoms with Crippen molar-refractivity contribution in [1.29, 1.82) is 0 Å². The lowest BCUT2D eigenvalue weighted by molar-refractivity contribution is -0.135. The summed E-state index contributed by atoms with van der Waals surface area (Å²) in [5.74, 6) is -0.0369. The fourth-order valence-electron chi connectivity index (χ4n) is 3.01. The molecule has 0 saturated carbocycles. The van der Waals surface area contributed by atoms with E-state index in [1.165, 1.54) is 4.90 Å². The van der Waals surface area contributed by atoms with Crippen LogP contribution < -0.4 is 5.32 Å². The highest BCUT2D eigenvalue weighted by Crippen LogP contribution is 2.36. The smallest absolute Gasteiger partial charge is 0.327 e. The van der Waals surface area contributed by atoms with Crippen molar-refractivity contribution in [2.75, 3.05) is 33.4 Å². The lowest BCUT2D eigenvalue weighted by Gasteiger charge is -2.38. The van der Waals surface area contributed by atoms with Gasteiger partial charge in [-0.15, -0.1) is 0 Å². The molecule has 1 spiro atoms. The van der Waals surface area contributed by atoms with Crippen molar-refractivity contribution in [2.24, 2.45) is 0 Å². The molecule has 0 aromatic rings. The molecule has 1 N–H and O–H groups in total. The van der Waals surface area contributed by atoms with E-state index in [-0.39, 0.29) is 18.0 Å². The van der Waals surface area contributed by atoms with Crippen LogP contribution in [-0.4, -0.2) is 66.7 Å². The summed E-state index contributed by atoms with van der Waals surface area (Å²) in [6.45, 7) is 6.24. The van der Waals surface area contributed by atoms with Crippen molar-refractivity contribution in [1.82, 2.24) is 15.1 Å². The molecule has 0 atom stereocenters. The summed E-state index contributed by atoms with van der Waals surface area (Å²) >= 11 is 0. The zero-order chi connectivity index (χ0) is 14.0. The van der Waals surface area contributed by atoms with E-state index in [1.807, 2.05) is 13.8 Å². The molecule has 0 aromatic carbocycles. The van der Waals surface area contributed by atoms with Gasteiger partial charge in [0, 0.05) is 19.7 Å². The topological polar surface area (TPSA) is 61.9 Å². The van der Waals surface area contributed by atoms with E-state index in [0.717, 1.165) is 13.1 Å². The number of carbonyl (C=O) groups excluding carboxylic acids is 2. The van der Waals surface area contributed by atoms with Gasteiger partial charge in [0.2, 0.25) is 0 Å². The molecule has 2 aliphatic heterocycles. The number of rotatable bonds is 4. The minimum absolute atomic E-state index is 0.0369. The van der Waals surface area contributed by atoms with Crippen LogP contribution in [0, 0.1) is 0 Å². The van der Waals surface area contributed by atoms with Gasteiger partial charge in [-0.1, -0.05) is 0 Å². The Morgan fingerprint density at radius 1 is 1.32 bits per heavy atom. The molecule has 6 nitrogen and oxygen atoms in total. The van der Waals surface area contributed by atoms with Crippen molar-refractivity contribution in [3.63, 3.8) is 0 Å². The molecular weight excluding hydrogens is 246 g/mol. The maximum absolute atomic E-state index is 12.7. The van der Waals surface area contributed by atoms with Crippen LogP contribution in [0.3, 0.4) is 0 Å². The second-order valence-electron chi connectivity index (χ2n) is 5.48. The third kappa shape index (κ3) is 2.23. The second kappa shape index (κ2) is 5.46. The number of hydrogen-bond acceptors (Lipinski definition) is 4. The molecular formula is C13H23N3O3. The zero-order valence-corrected chi connectivity index (χ0v) is 11.9. The lowest BCUT2D eigenvalue weighted by atomic mass is 9.86. The molecule has 0 unspecified atom stereocenters. The van der Waals surface area contributed by atoms with E-state index in [4.69, 9.17) is 4.74 Å². The molecule has 6 heteroatoms. The number of urea groups is 1. The Kier molecular flexibility index (Phi) is 4.10. The molecule has 2 heterocycles. The highest BCUT2D eigenvalue weighted by molar-refractivity contribution is 6.07. The third-order valence-electron chi connectivity index (χ3n) is 4.04. The van der Waals surface area contributed by atoms with Crippen LogP contribution in [0.25, 0.3) is 0 Å². The maximum Gasteiger partial charge on any atom is 0.327 e. The molecule has 2 rings (SSSR count). The first-order chi connectivity index (χ1) is 9.04. The Bertz CT molecular complexity index is 364. The van der Waals surface area contributed by atoms with Gasteiger partial charge < -0.3 is 15.0 Å². The Labute approximate surface area is 114 Å². The highest BCUT2D eigenvalue weighted by Gasteiger charge is 2.57. The molecule has 0 radical (unpaired) electrons. The van der Waals surface area contributed by atoms with Crippen LogP contribution in [-0.2, 0) is 9.53 Å². The highest BCUT2D eigenvalue weighted by atomic mass is 16.5. The van der Waals surface area contributed by atoms with Crippen LogP contribution in [0.15, 0.2) is 0 Å². The normalized spacial score (nSPS) is 22.9. The predicted molar refractivity (Wildman–Crippen MR) is 70.8 cm³/mol. The number of carbonyl (C=O) groups is 2. The monoisotopic (exact) mass is 269 g/mol.